The molecule has 156 valence electrons. The largest absolute Gasteiger partial charge is 0.462 e. The minimum atomic E-state index is -0.436. The van der Waals surface area contributed by atoms with Gasteiger partial charge in [-0.3, -0.25) is 4.79 Å². The second-order valence-electron chi connectivity index (χ2n) is 6.95. The number of aromatic nitrogens is 1. The highest BCUT2D eigenvalue weighted by molar-refractivity contribution is 8.01. The highest BCUT2D eigenvalue weighted by atomic mass is 32.2. The molecule has 0 bridgehead atoms. The van der Waals surface area contributed by atoms with Crippen LogP contribution >= 0.6 is 23.1 Å². The van der Waals surface area contributed by atoms with Crippen LogP contribution in [0.25, 0.3) is 16.4 Å². The molecule has 0 fully saturated rings. The number of aryl methyl sites for hydroxylation is 1. The number of carbonyl (C=O) groups is 2. The quantitative estimate of drug-likeness (QED) is 0.153. The number of fused-ring (bicyclic) bond motifs is 3. The monoisotopic (exact) mass is 448 g/mol. The Morgan fingerprint density at radius 1 is 1.23 bits per heavy atom. The molecule has 0 N–H and O–H groups in total. The Balaban J connectivity index is 2.05. The summed E-state index contributed by atoms with van der Waals surface area (Å²) in [7, 11) is 0. The molecule has 31 heavy (non-hydrogen) atoms. The van der Waals surface area contributed by atoms with Crippen LogP contribution < -0.4 is 0 Å². The zero-order valence-corrected chi connectivity index (χ0v) is 18.8. The van der Waals surface area contributed by atoms with Gasteiger partial charge in [0.1, 0.15) is 0 Å². The molecule has 1 aromatic carbocycles. The second kappa shape index (κ2) is 8.96. The minimum Gasteiger partial charge on any atom is -0.462 e. The van der Waals surface area contributed by atoms with Crippen molar-refractivity contribution >= 4 is 51.3 Å². The van der Waals surface area contributed by atoms with E-state index in [9.17, 15) is 9.59 Å². The van der Waals surface area contributed by atoms with Crippen molar-refractivity contribution in [2.24, 2.45) is 0 Å². The number of ketones is 1. The summed E-state index contributed by atoms with van der Waals surface area (Å²) in [4.78, 5) is 27.0. The van der Waals surface area contributed by atoms with E-state index >= 15 is 0 Å². The molecule has 0 saturated carbocycles. The lowest BCUT2D eigenvalue weighted by molar-refractivity contribution is 0.0531. The van der Waals surface area contributed by atoms with E-state index < -0.39 is 5.97 Å². The maximum Gasteiger partial charge on any atom is 0.341 e. The van der Waals surface area contributed by atoms with Crippen molar-refractivity contribution in [3.63, 3.8) is 0 Å². The van der Waals surface area contributed by atoms with E-state index in [1.807, 2.05) is 47.9 Å². The van der Waals surface area contributed by atoms with Gasteiger partial charge in [0, 0.05) is 29.3 Å². The Hall–Kier alpha value is -3.08. The number of esters is 1. The molecule has 0 radical (unpaired) electrons. The van der Waals surface area contributed by atoms with Gasteiger partial charge in [0.25, 0.3) is 0 Å². The fourth-order valence-corrected chi connectivity index (χ4v) is 6.00. The van der Waals surface area contributed by atoms with Crippen LogP contribution in [0, 0.1) is 18.3 Å². The topological polar surface area (TPSA) is 71.6 Å². The zero-order valence-electron chi connectivity index (χ0n) is 17.2. The Morgan fingerprint density at radius 2 is 2.00 bits per heavy atom. The number of nitrogens with zero attached hydrogens (tertiary/aromatic N) is 2. The summed E-state index contributed by atoms with van der Waals surface area (Å²) in [5, 5.41) is 9.58. The Labute approximate surface area is 188 Å². The van der Waals surface area contributed by atoms with Gasteiger partial charge in [0.05, 0.1) is 38.4 Å². The van der Waals surface area contributed by atoms with Gasteiger partial charge in [-0.1, -0.05) is 30.3 Å². The molecule has 0 aliphatic heterocycles. The summed E-state index contributed by atoms with van der Waals surface area (Å²) in [6.07, 6.45) is 2.33. The second-order valence-corrected chi connectivity index (χ2v) is 9.33. The van der Waals surface area contributed by atoms with Crippen LogP contribution in [0.1, 0.15) is 44.5 Å². The van der Waals surface area contributed by atoms with Crippen molar-refractivity contribution in [1.29, 1.82) is 5.26 Å². The van der Waals surface area contributed by atoms with E-state index in [2.05, 4.69) is 6.07 Å². The van der Waals surface area contributed by atoms with Crippen LogP contribution in [0.3, 0.4) is 0 Å². The van der Waals surface area contributed by atoms with Crippen molar-refractivity contribution in [1.82, 2.24) is 4.40 Å². The standard InChI is InChI=1S/C24H20N2O3S2/c1-3-29-23(28)18-17-14-15(2)10-12-26(17)20-19(18)22(31-24(20)30-13-7-11-25)21(27)16-8-5-4-6-9-16/h4-6,8-10,12,14H,3,7,13H2,1-2H3. The van der Waals surface area contributed by atoms with Crippen LogP contribution in [-0.2, 0) is 4.74 Å². The maximum absolute atomic E-state index is 13.5. The Kier molecular flexibility index (Phi) is 6.12. The van der Waals surface area contributed by atoms with Gasteiger partial charge in [0.15, 0.2) is 0 Å². The van der Waals surface area contributed by atoms with Crippen molar-refractivity contribution < 1.29 is 14.3 Å². The number of nitriles is 1. The van der Waals surface area contributed by atoms with Gasteiger partial charge in [-0.25, -0.2) is 4.79 Å². The number of pyridine rings is 1. The Bertz CT molecular complexity index is 1330. The lowest BCUT2D eigenvalue weighted by Crippen LogP contribution is -2.06. The van der Waals surface area contributed by atoms with Crippen molar-refractivity contribution in [3.05, 3.63) is 70.2 Å². The summed E-state index contributed by atoms with van der Waals surface area (Å²) in [5.41, 5.74) is 3.55. The van der Waals surface area contributed by atoms with E-state index in [0.717, 1.165) is 20.8 Å². The highest BCUT2D eigenvalue weighted by Gasteiger charge is 2.29. The molecular weight excluding hydrogens is 428 g/mol. The number of thioether (sulfide) groups is 1. The van der Waals surface area contributed by atoms with Crippen molar-refractivity contribution in [3.8, 4) is 6.07 Å². The number of hydrogen-bond acceptors (Lipinski definition) is 6. The number of rotatable bonds is 7. The first-order chi connectivity index (χ1) is 15.1. The number of ether oxygens (including phenoxy) is 1. The summed E-state index contributed by atoms with van der Waals surface area (Å²) in [6.45, 7) is 3.98. The molecule has 4 aromatic rings. The van der Waals surface area contributed by atoms with Crippen LogP contribution in [0.4, 0.5) is 0 Å². The van der Waals surface area contributed by atoms with E-state index in [-0.39, 0.29) is 12.4 Å². The van der Waals surface area contributed by atoms with E-state index in [4.69, 9.17) is 10.00 Å². The molecule has 0 atom stereocenters. The number of hydrogen-bond donors (Lipinski definition) is 0. The molecule has 0 spiro atoms. The predicted molar refractivity (Wildman–Crippen MR) is 124 cm³/mol. The summed E-state index contributed by atoms with van der Waals surface area (Å²) in [5.74, 6) is 0.0498. The number of thiophene rings is 1. The normalized spacial score (nSPS) is 11.0. The highest BCUT2D eigenvalue weighted by Crippen LogP contribution is 2.44. The molecule has 0 unspecified atom stereocenters. The van der Waals surface area contributed by atoms with Gasteiger partial charge in [-0.15, -0.1) is 23.1 Å². The van der Waals surface area contributed by atoms with Crippen molar-refractivity contribution in [2.75, 3.05) is 12.4 Å². The van der Waals surface area contributed by atoms with Crippen LogP contribution in [0.5, 0.6) is 0 Å². The Morgan fingerprint density at radius 3 is 2.71 bits per heavy atom. The van der Waals surface area contributed by atoms with Gasteiger partial charge in [0.2, 0.25) is 5.78 Å². The molecule has 7 heteroatoms. The molecule has 0 amide bonds. The van der Waals surface area contributed by atoms with E-state index in [1.54, 1.807) is 19.1 Å². The molecule has 0 saturated heterocycles. The average Bonchev–Trinajstić information content (AvgIpc) is 3.29. The first kappa shape index (κ1) is 21.2. The third-order valence-electron chi connectivity index (χ3n) is 4.88. The van der Waals surface area contributed by atoms with Gasteiger partial charge >= 0.3 is 5.97 Å². The molecule has 5 nitrogen and oxygen atoms in total. The molecular formula is C24H20N2O3S2. The zero-order chi connectivity index (χ0) is 22.0. The van der Waals surface area contributed by atoms with E-state index in [1.165, 1.54) is 23.1 Å². The SMILES string of the molecule is CCOC(=O)c1c2c(C(=O)c3ccccc3)sc(SCCC#N)c2n2ccc(C)cc12. The lowest BCUT2D eigenvalue weighted by Gasteiger charge is -2.05. The fraction of sp³-hybridized carbons (Fsp3) is 0.208. The number of carbonyl (C=O) groups excluding carboxylic acids is 2. The first-order valence-electron chi connectivity index (χ1n) is 9.90. The average molecular weight is 449 g/mol. The van der Waals surface area contributed by atoms with Crippen molar-refractivity contribution in [2.45, 2.75) is 24.5 Å². The molecule has 0 aliphatic rings. The van der Waals surface area contributed by atoms with Gasteiger partial charge in [-0.2, -0.15) is 5.26 Å². The summed E-state index contributed by atoms with van der Waals surface area (Å²) in [6, 6.07) is 15.2. The summed E-state index contributed by atoms with van der Waals surface area (Å²) < 4.78 is 8.26. The smallest absolute Gasteiger partial charge is 0.341 e. The van der Waals surface area contributed by atoms with Crippen LogP contribution in [-0.4, -0.2) is 28.5 Å². The van der Waals surface area contributed by atoms with E-state index in [0.29, 0.717) is 33.6 Å². The van der Waals surface area contributed by atoms with Gasteiger partial charge < -0.3 is 9.14 Å². The van der Waals surface area contributed by atoms with Gasteiger partial charge in [-0.05, 0) is 31.5 Å². The first-order valence-corrected chi connectivity index (χ1v) is 11.7. The molecule has 3 aromatic heterocycles. The minimum absolute atomic E-state index is 0.124. The lowest BCUT2D eigenvalue weighted by atomic mass is 10.1. The third-order valence-corrected chi connectivity index (χ3v) is 7.32. The molecule has 4 rings (SSSR count). The predicted octanol–water partition coefficient (Wildman–Crippen LogP) is 5.88. The molecule has 3 heterocycles. The van der Waals surface area contributed by atoms with Crippen LogP contribution in [0.15, 0.2) is 52.9 Å². The molecule has 0 aliphatic carbocycles. The number of benzene rings is 1. The van der Waals surface area contributed by atoms with Crippen LogP contribution in [0.2, 0.25) is 0 Å². The fourth-order valence-electron chi connectivity index (χ4n) is 3.55. The third kappa shape index (κ3) is 3.85. The summed E-state index contributed by atoms with van der Waals surface area (Å²) >= 11 is 2.91. The maximum atomic E-state index is 13.5.